The minimum atomic E-state index is -0.785. The minimum absolute atomic E-state index is 0.0190. The van der Waals surface area contributed by atoms with Crippen LogP contribution >= 0.6 is 0 Å². The highest BCUT2D eigenvalue weighted by molar-refractivity contribution is 5.86. The summed E-state index contributed by atoms with van der Waals surface area (Å²) in [6, 6.07) is -0.179. The quantitative estimate of drug-likeness (QED) is 0.818. The lowest BCUT2D eigenvalue weighted by Crippen LogP contribution is -2.39. The van der Waals surface area contributed by atoms with E-state index in [1.165, 1.54) is 0 Å². The predicted molar refractivity (Wildman–Crippen MR) is 68.0 cm³/mol. The van der Waals surface area contributed by atoms with Gasteiger partial charge in [0.2, 0.25) is 5.91 Å². The number of aliphatic carboxylic acids is 1. The van der Waals surface area contributed by atoms with Crippen LogP contribution in [0.4, 0.5) is 0 Å². The number of hydrogen-bond donors (Lipinski definition) is 1. The SMILES string of the molecule is CC1C(C(=O)O)CCN1C(=O)C1C(C)(C)C1(C)C. The van der Waals surface area contributed by atoms with Gasteiger partial charge in [0.15, 0.2) is 0 Å². The van der Waals surface area contributed by atoms with E-state index in [1.54, 1.807) is 4.90 Å². The Labute approximate surface area is 108 Å². The molecule has 102 valence electrons. The van der Waals surface area contributed by atoms with E-state index >= 15 is 0 Å². The maximum Gasteiger partial charge on any atom is 0.308 e. The Balaban J connectivity index is 2.12. The van der Waals surface area contributed by atoms with Gasteiger partial charge in [-0.05, 0) is 24.2 Å². The number of likely N-dealkylation sites (tertiary alicyclic amines) is 1. The summed E-state index contributed by atoms with van der Waals surface area (Å²) < 4.78 is 0. The fourth-order valence-electron chi connectivity index (χ4n) is 3.56. The number of carboxylic acids is 1. The van der Waals surface area contributed by atoms with Crippen molar-refractivity contribution >= 4 is 11.9 Å². The van der Waals surface area contributed by atoms with Crippen LogP contribution in [-0.4, -0.2) is 34.5 Å². The van der Waals surface area contributed by atoms with Crippen LogP contribution in [0.25, 0.3) is 0 Å². The van der Waals surface area contributed by atoms with Gasteiger partial charge in [0.25, 0.3) is 0 Å². The second-order valence-corrected chi connectivity index (χ2v) is 6.88. The topological polar surface area (TPSA) is 57.6 Å². The molecule has 0 spiro atoms. The van der Waals surface area contributed by atoms with Gasteiger partial charge >= 0.3 is 5.97 Å². The van der Waals surface area contributed by atoms with Crippen molar-refractivity contribution in [1.82, 2.24) is 4.90 Å². The number of carbonyl (C=O) groups is 2. The molecule has 4 heteroatoms. The van der Waals surface area contributed by atoms with Crippen LogP contribution < -0.4 is 0 Å². The Morgan fingerprint density at radius 2 is 1.67 bits per heavy atom. The van der Waals surface area contributed by atoms with Crippen molar-refractivity contribution in [1.29, 1.82) is 0 Å². The van der Waals surface area contributed by atoms with Crippen molar-refractivity contribution < 1.29 is 14.7 Å². The second-order valence-electron chi connectivity index (χ2n) is 6.88. The first kappa shape index (κ1) is 13.4. The Morgan fingerprint density at radius 3 is 2.00 bits per heavy atom. The summed E-state index contributed by atoms with van der Waals surface area (Å²) in [5.41, 5.74) is 0.0379. The molecule has 0 bridgehead atoms. The molecule has 1 heterocycles. The molecule has 2 atom stereocenters. The van der Waals surface area contributed by atoms with E-state index in [0.29, 0.717) is 13.0 Å². The summed E-state index contributed by atoms with van der Waals surface area (Å²) in [4.78, 5) is 25.4. The van der Waals surface area contributed by atoms with Gasteiger partial charge in [-0.2, -0.15) is 0 Å². The molecule has 0 aromatic rings. The van der Waals surface area contributed by atoms with Crippen molar-refractivity contribution in [2.75, 3.05) is 6.54 Å². The van der Waals surface area contributed by atoms with Crippen LogP contribution in [0.15, 0.2) is 0 Å². The maximum absolute atomic E-state index is 12.6. The fourth-order valence-corrected chi connectivity index (χ4v) is 3.56. The van der Waals surface area contributed by atoms with Gasteiger partial charge < -0.3 is 10.0 Å². The third kappa shape index (κ3) is 1.57. The lowest BCUT2D eigenvalue weighted by Gasteiger charge is -2.24. The number of amides is 1. The molecule has 1 saturated carbocycles. The van der Waals surface area contributed by atoms with Crippen LogP contribution in [0.3, 0.4) is 0 Å². The molecule has 1 aliphatic heterocycles. The van der Waals surface area contributed by atoms with E-state index in [1.807, 2.05) is 6.92 Å². The van der Waals surface area contributed by atoms with Gasteiger partial charge in [-0.3, -0.25) is 9.59 Å². The molecule has 1 N–H and O–H groups in total. The van der Waals surface area contributed by atoms with Crippen molar-refractivity contribution in [3.8, 4) is 0 Å². The molecule has 2 fully saturated rings. The first-order valence-corrected chi connectivity index (χ1v) is 6.65. The van der Waals surface area contributed by atoms with Crippen LogP contribution in [0, 0.1) is 22.7 Å². The third-order valence-electron chi connectivity index (χ3n) is 5.62. The molecule has 0 aromatic heterocycles. The highest BCUT2D eigenvalue weighted by Gasteiger charge is 2.69. The molecule has 1 aliphatic carbocycles. The lowest BCUT2D eigenvalue weighted by atomic mass is 10.0. The van der Waals surface area contributed by atoms with Crippen LogP contribution in [0.1, 0.15) is 41.0 Å². The van der Waals surface area contributed by atoms with E-state index in [4.69, 9.17) is 5.11 Å². The highest BCUT2D eigenvalue weighted by Crippen LogP contribution is 2.69. The second kappa shape index (κ2) is 3.72. The zero-order valence-electron chi connectivity index (χ0n) is 11.9. The van der Waals surface area contributed by atoms with Gasteiger partial charge in [0, 0.05) is 18.5 Å². The summed E-state index contributed by atoms with van der Waals surface area (Å²) in [6.07, 6.45) is 0.579. The molecule has 4 nitrogen and oxygen atoms in total. The molecule has 18 heavy (non-hydrogen) atoms. The zero-order valence-corrected chi connectivity index (χ0v) is 11.9. The zero-order chi connectivity index (χ0) is 13.9. The van der Waals surface area contributed by atoms with Crippen molar-refractivity contribution in [2.45, 2.75) is 47.1 Å². The van der Waals surface area contributed by atoms with Crippen LogP contribution in [0.2, 0.25) is 0 Å². The molecule has 2 aliphatic rings. The molecule has 1 amide bonds. The Kier molecular flexibility index (Phi) is 2.76. The van der Waals surface area contributed by atoms with E-state index in [0.717, 1.165) is 0 Å². The Hall–Kier alpha value is -1.06. The summed E-state index contributed by atoms with van der Waals surface area (Å²) in [5.74, 6) is -1.02. The fraction of sp³-hybridized carbons (Fsp3) is 0.857. The Morgan fingerprint density at radius 1 is 1.17 bits per heavy atom. The van der Waals surface area contributed by atoms with Crippen molar-refractivity contribution in [3.05, 3.63) is 0 Å². The van der Waals surface area contributed by atoms with E-state index in [2.05, 4.69) is 27.7 Å². The minimum Gasteiger partial charge on any atom is -0.481 e. The van der Waals surface area contributed by atoms with Crippen LogP contribution in [0.5, 0.6) is 0 Å². The normalized spacial score (nSPS) is 33.5. The number of carbonyl (C=O) groups excluding carboxylic acids is 1. The van der Waals surface area contributed by atoms with E-state index in [9.17, 15) is 9.59 Å². The predicted octanol–water partition coefficient (Wildman–Crippen LogP) is 1.99. The molecule has 0 radical (unpaired) electrons. The number of carboxylic acid groups (broad SMARTS) is 1. The standard InChI is InChI=1S/C14H23NO3/c1-8-9(12(17)18)6-7-15(8)11(16)10-13(2,3)14(10,4)5/h8-10H,6-7H2,1-5H3,(H,17,18). The van der Waals surface area contributed by atoms with Gasteiger partial charge in [0.1, 0.15) is 0 Å². The average molecular weight is 253 g/mol. The van der Waals surface area contributed by atoms with Gasteiger partial charge in [-0.15, -0.1) is 0 Å². The van der Waals surface area contributed by atoms with Crippen molar-refractivity contribution in [2.24, 2.45) is 22.7 Å². The molecular weight excluding hydrogens is 230 g/mol. The van der Waals surface area contributed by atoms with Gasteiger partial charge in [0.05, 0.1) is 5.92 Å². The summed E-state index contributed by atoms with van der Waals surface area (Å²) >= 11 is 0. The lowest BCUT2D eigenvalue weighted by molar-refractivity contribution is -0.143. The average Bonchev–Trinajstić information content (AvgIpc) is 2.56. The Bertz CT molecular complexity index is 386. The number of hydrogen-bond acceptors (Lipinski definition) is 2. The summed E-state index contributed by atoms with van der Waals surface area (Å²) in [6.45, 7) is 10.9. The summed E-state index contributed by atoms with van der Waals surface area (Å²) in [5, 5.41) is 9.10. The van der Waals surface area contributed by atoms with Crippen LogP contribution in [-0.2, 0) is 9.59 Å². The molecule has 2 unspecified atom stereocenters. The third-order valence-corrected chi connectivity index (χ3v) is 5.62. The molecule has 2 rings (SSSR count). The molecular formula is C14H23NO3. The number of rotatable bonds is 2. The largest absolute Gasteiger partial charge is 0.481 e. The number of nitrogens with zero attached hydrogens (tertiary/aromatic N) is 1. The first-order chi connectivity index (χ1) is 8.12. The first-order valence-electron chi connectivity index (χ1n) is 6.65. The maximum atomic E-state index is 12.6. The monoisotopic (exact) mass is 253 g/mol. The van der Waals surface area contributed by atoms with E-state index < -0.39 is 11.9 Å². The van der Waals surface area contributed by atoms with E-state index in [-0.39, 0.29) is 28.7 Å². The highest BCUT2D eigenvalue weighted by atomic mass is 16.4. The van der Waals surface area contributed by atoms with Crippen molar-refractivity contribution in [3.63, 3.8) is 0 Å². The molecule has 0 aromatic carbocycles. The molecule has 1 saturated heterocycles. The smallest absolute Gasteiger partial charge is 0.308 e. The summed E-state index contributed by atoms with van der Waals surface area (Å²) in [7, 11) is 0. The van der Waals surface area contributed by atoms with Gasteiger partial charge in [-0.25, -0.2) is 0 Å². The van der Waals surface area contributed by atoms with Gasteiger partial charge in [-0.1, -0.05) is 27.7 Å².